The first-order chi connectivity index (χ1) is 18.9. The lowest BCUT2D eigenvalue weighted by Crippen LogP contribution is -2.55. The van der Waals surface area contributed by atoms with Crippen LogP contribution in [0.4, 0.5) is 0 Å². The number of aldehydes is 1. The Kier molecular flexibility index (Phi) is 8.51. The Morgan fingerprint density at radius 1 is 0.949 bits per heavy atom. The molecule has 2 fully saturated rings. The molecule has 2 heterocycles. The Labute approximate surface area is 232 Å². The monoisotopic (exact) mass is 524 g/mol. The molecule has 1 aliphatic heterocycles. The maximum absolute atomic E-state index is 13.0. The summed E-state index contributed by atoms with van der Waals surface area (Å²) < 4.78 is 0. The van der Waals surface area contributed by atoms with Gasteiger partial charge in [0, 0.05) is 48.6 Å². The Balaban J connectivity index is 1.22. The third-order valence-electron chi connectivity index (χ3n) is 8.77. The van der Waals surface area contributed by atoms with E-state index in [0.717, 1.165) is 40.9 Å². The molecule has 0 radical (unpaired) electrons. The standard InChI is InChI=1S/C33H40N4O2/c1-3-31(34)30(33(39)37-19-24(20-37)21-38)16-23-6-10-28(11-7-23)32-35-17-29(18-36-32)27-14-12-26(13-15-27)25-8-4-22(2)5-9-25/h6-7,10-15,17-18,21-22,24-25,30-31H,3-5,8-9,16,19-20,34H2,1-2H3/t22-,25-,30?,31?. The van der Waals surface area contributed by atoms with Crippen LogP contribution in [0, 0.1) is 17.8 Å². The number of carbonyl (C=O) groups is 2. The van der Waals surface area contributed by atoms with Crippen molar-refractivity contribution in [3.63, 3.8) is 0 Å². The predicted molar refractivity (Wildman–Crippen MR) is 155 cm³/mol. The molecule has 1 saturated heterocycles. The maximum atomic E-state index is 13.0. The molecule has 2 N–H and O–H groups in total. The van der Waals surface area contributed by atoms with E-state index in [0.29, 0.717) is 31.3 Å². The second-order valence-electron chi connectivity index (χ2n) is 11.6. The van der Waals surface area contributed by atoms with Crippen LogP contribution in [0.3, 0.4) is 0 Å². The number of likely N-dealkylation sites (tertiary alicyclic amines) is 1. The summed E-state index contributed by atoms with van der Waals surface area (Å²) in [5, 5.41) is 0. The molecule has 39 heavy (non-hydrogen) atoms. The number of benzene rings is 2. The molecule has 2 aromatic carbocycles. The highest BCUT2D eigenvalue weighted by atomic mass is 16.2. The van der Waals surface area contributed by atoms with Crippen molar-refractivity contribution < 1.29 is 9.59 Å². The van der Waals surface area contributed by atoms with Gasteiger partial charge >= 0.3 is 0 Å². The molecule has 2 atom stereocenters. The summed E-state index contributed by atoms with van der Waals surface area (Å²) in [6.45, 7) is 5.38. The van der Waals surface area contributed by atoms with Gasteiger partial charge in [0.25, 0.3) is 0 Å². The number of aromatic nitrogens is 2. The Morgan fingerprint density at radius 2 is 1.56 bits per heavy atom. The van der Waals surface area contributed by atoms with Gasteiger partial charge in [-0.2, -0.15) is 0 Å². The van der Waals surface area contributed by atoms with Crippen molar-refractivity contribution in [1.29, 1.82) is 0 Å². The second-order valence-corrected chi connectivity index (χ2v) is 11.6. The van der Waals surface area contributed by atoms with E-state index in [1.165, 1.54) is 31.2 Å². The molecular formula is C33H40N4O2. The zero-order valence-electron chi connectivity index (χ0n) is 23.1. The van der Waals surface area contributed by atoms with Crippen molar-refractivity contribution in [2.75, 3.05) is 13.1 Å². The molecule has 0 bridgehead atoms. The number of carbonyl (C=O) groups excluding carboxylic acids is 2. The van der Waals surface area contributed by atoms with Crippen LogP contribution in [0.15, 0.2) is 60.9 Å². The summed E-state index contributed by atoms with van der Waals surface area (Å²) in [7, 11) is 0. The topological polar surface area (TPSA) is 89.2 Å². The molecule has 1 aromatic heterocycles. The number of nitrogens with zero attached hydrogens (tertiary/aromatic N) is 3. The van der Waals surface area contributed by atoms with Crippen LogP contribution in [0.1, 0.15) is 63.0 Å². The van der Waals surface area contributed by atoms with Crippen molar-refractivity contribution in [2.45, 2.75) is 64.3 Å². The first kappa shape index (κ1) is 27.2. The zero-order valence-corrected chi connectivity index (χ0v) is 23.1. The summed E-state index contributed by atoms with van der Waals surface area (Å²) in [6.07, 6.45) is 11.3. The maximum Gasteiger partial charge on any atom is 0.227 e. The second kappa shape index (κ2) is 12.2. The molecule has 1 aliphatic carbocycles. The quantitative estimate of drug-likeness (QED) is 0.365. The molecule has 6 nitrogen and oxygen atoms in total. The third kappa shape index (κ3) is 6.27. The molecule has 3 aromatic rings. The fourth-order valence-electron chi connectivity index (χ4n) is 5.93. The third-order valence-corrected chi connectivity index (χ3v) is 8.77. The minimum Gasteiger partial charge on any atom is -0.341 e. The summed E-state index contributed by atoms with van der Waals surface area (Å²) in [4.78, 5) is 35.0. The van der Waals surface area contributed by atoms with Crippen molar-refractivity contribution >= 4 is 12.2 Å². The van der Waals surface area contributed by atoms with Gasteiger partial charge in [0.15, 0.2) is 5.82 Å². The largest absolute Gasteiger partial charge is 0.341 e. The Morgan fingerprint density at radius 3 is 2.15 bits per heavy atom. The minimum atomic E-state index is -0.294. The highest BCUT2D eigenvalue weighted by Crippen LogP contribution is 2.36. The van der Waals surface area contributed by atoms with Crippen LogP contribution >= 0.6 is 0 Å². The highest BCUT2D eigenvalue weighted by molar-refractivity contribution is 5.82. The lowest BCUT2D eigenvalue weighted by Gasteiger charge is -2.39. The van der Waals surface area contributed by atoms with Crippen molar-refractivity contribution in [3.8, 4) is 22.5 Å². The summed E-state index contributed by atoms with van der Waals surface area (Å²) >= 11 is 0. The number of hydrogen-bond donors (Lipinski definition) is 1. The van der Waals surface area contributed by atoms with E-state index in [1.54, 1.807) is 4.90 Å². The lowest BCUT2D eigenvalue weighted by atomic mass is 9.79. The van der Waals surface area contributed by atoms with Gasteiger partial charge in [-0.25, -0.2) is 9.97 Å². The smallest absolute Gasteiger partial charge is 0.227 e. The van der Waals surface area contributed by atoms with Crippen molar-refractivity contribution in [1.82, 2.24) is 14.9 Å². The minimum absolute atomic E-state index is 0.0388. The van der Waals surface area contributed by atoms with E-state index >= 15 is 0 Å². The molecule has 1 amide bonds. The number of hydrogen-bond acceptors (Lipinski definition) is 5. The van der Waals surface area contributed by atoms with Gasteiger partial charge in [0.2, 0.25) is 5.91 Å². The van der Waals surface area contributed by atoms with Gasteiger partial charge < -0.3 is 15.4 Å². The predicted octanol–water partition coefficient (Wildman–Crippen LogP) is 5.66. The van der Waals surface area contributed by atoms with Gasteiger partial charge in [-0.3, -0.25) is 4.79 Å². The van der Waals surface area contributed by atoms with E-state index in [4.69, 9.17) is 5.73 Å². The fourth-order valence-corrected chi connectivity index (χ4v) is 5.93. The lowest BCUT2D eigenvalue weighted by molar-refractivity contribution is -0.144. The van der Waals surface area contributed by atoms with Crippen molar-refractivity contribution in [2.24, 2.45) is 23.5 Å². The van der Waals surface area contributed by atoms with Crippen molar-refractivity contribution in [3.05, 3.63) is 72.1 Å². The van der Waals surface area contributed by atoms with Gasteiger partial charge in [0.05, 0.1) is 5.92 Å². The highest BCUT2D eigenvalue weighted by Gasteiger charge is 2.36. The number of rotatable bonds is 9. The van der Waals surface area contributed by atoms with E-state index in [9.17, 15) is 9.59 Å². The molecule has 0 spiro atoms. The van der Waals surface area contributed by atoms with E-state index in [1.807, 2.05) is 43.6 Å². The number of amides is 1. The van der Waals surface area contributed by atoms with E-state index < -0.39 is 0 Å². The normalized spacial score (nSPS) is 21.2. The summed E-state index contributed by atoms with van der Waals surface area (Å²) in [6, 6.07) is 16.8. The molecule has 1 saturated carbocycles. The van der Waals surface area contributed by atoms with Crippen LogP contribution in [0.2, 0.25) is 0 Å². The summed E-state index contributed by atoms with van der Waals surface area (Å²) in [5.74, 6) is 1.94. The van der Waals surface area contributed by atoms with Crippen LogP contribution in [-0.2, 0) is 16.0 Å². The van der Waals surface area contributed by atoms with Crippen LogP contribution in [-0.4, -0.2) is 46.2 Å². The molecular weight excluding hydrogens is 484 g/mol. The summed E-state index contributed by atoms with van der Waals surface area (Å²) in [5.41, 5.74) is 11.9. The average Bonchev–Trinajstić information content (AvgIpc) is 2.96. The molecule has 5 rings (SSSR count). The molecule has 2 aliphatic rings. The molecule has 204 valence electrons. The fraction of sp³-hybridized carbons (Fsp3) is 0.455. The average molecular weight is 525 g/mol. The number of nitrogens with two attached hydrogens (primary N) is 1. The van der Waals surface area contributed by atoms with Crippen LogP contribution < -0.4 is 5.73 Å². The van der Waals surface area contributed by atoms with Gasteiger partial charge in [-0.15, -0.1) is 0 Å². The van der Waals surface area contributed by atoms with E-state index in [-0.39, 0.29) is 23.8 Å². The van der Waals surface area contributed by atoms with Gasteiger partial charge in [-0.1, -0.05) is 75.2 Å². The zero-order chi connectivity index (χ0) is 27.4. The first-order valence-electron chi connectivity index (χ1n) is 14.5. The van der Waals surface area contributed by atoms with Crippen LogP contribution in [0.25, 0.3) is 22.5 Å². The SMILES string of the molecule is CCC(N)C(Cc1ccc(-c2ncc(-c3ccc([C@H]4CC[C@H](C)CC4)cc3)cn2)cc1)C(=O)N1CC(C=O)C1. The Hall–Kier alpha value is -3.38. The van der Waals surface area contributed by atoms with Crippen LogP contribution in [0.5, 0.6) is 0 Å². The van der Waals surface area contributed by atoms with Gasteiger partial charge in [-0.05, 0) is 54.2 Å². The first-order valence-corrected chi connectivity index (χ1v) is 14.5. The van der Waals surface area contributed by atoms with E-state index in [2.05, 4.69) is 41.2 Å². The Bertz CT molecular complexity index is 1240. The molecule has 2 unspecified atom stereocenters. The van der Waals surface area contributed by atoms with Gasteiger partial charge in [0.1, 0.15) is 6.29 Å². The molecule has 6 heteroatoms.